The summed E-state index contributed by atoms with van der Waals surface area (Å²) in [5.74, 6) is -0.399. The molecule has 6 heteroatoms. The average Bonchev–Trinajstić information content (AvgIpc) is 2.72. The largest absolute Gasteiger partial charge is 0.497 e. The van der Waals surface area contributed by atoms with Crippen molar-refractivity contribution in [3.8, 4) is 28.0 Å². The van der Waals surface area contributed by atoms with Crippen molar-refractivity contribution in [2.45, 2.75) is 19.3 Å². The molecule has 3 rings (SSSR count). The van der Waals surface area contributed by atoms with Gasteiger partial charge < -0.3 is 9.84 Å². The zero-order chi connectivity index (χ0) is 20.1. The summed E-state index contributed by atoms with van der Waals surface area (Å²) in [6, 6.07) is 13.5. The van der Waals surface area contributed by atoms with Crippen LogP contribution < -0.4 is 4.74 Å². The highest BCUT2D eigenvalue weighted by molar-refractivity contribution is 5.77. The standard InChI is InChI=1S/C22H19F2NO3/c1-28-17-6-8-18(15(11-17)5-9-21(26)27)19-7-4-14(12-20(19)22(23)24)16-3-2-10-25-13-16/h2-4,6-8,10-13,22H,5,9H2,1H3,(H,26,27). The van der Waals surface area contributed by atoms with E-state index in [4.69, 9.17) is 9.84 Å². The maximum Gasteiger partial charge on any atom is 0.303 e. The predicted molar refractivity (Wildman–Crippen MR) is 103 cm³/mol. The summed E-state index contributed by atoms with van der Waals surface area (Å²) in [6.07, 6.45) is 0.682. The second-order valence-corrected chi connectivity index (χ2v) is 6.26. The molecule has 144 valence electrons. The highest BCUT2D eigenvalue weighted by Crippen LogP contribution is 2.37. The molecule has 0 saturated heterocycles. The van der Waals surface area contributed by atoms with Crippen molar-refractivity contribution in [1.29, 1.82) is 0 Å². The van der Waals surface area contributed by atoms with E-state index in [1.807, 2.05) is 6.07 Å². The molecule has 3 aromatic rings. The first-order valence-corrected chi connectivity index (χ1v) is 8.71. The fourth-order valence-electron chi connectivity index (χ4n) is 3.11. The minimum Gasteiger partial charge on any atom is -0.497 e. The molecule has 0 fully saturated rings. The fourth-order valence-corrected chi connectivity index (χ4v) is 3.11. The zero-order valence-corrected chi connectivity index (χ0v) is 15.2. The Morgan fingerprint density at radius 1 is 1.11 bits per heavy atom. The van der Waals surface area contributed by atoms with Gasteiger partial charge in [-0.2, -0.15) is 0 Å². The minimum absolute atomic E-state index is 0.0993. The highest BCUT2D eigenvalue weighted by atomic mass is 19.3. The van der Waals surface area contributed by atoms with Gasteiger partial charge in [0.25, 0.3) is 6.43 Å². The van der Waals surface area contributed by atoms with Crippen molar-refractivity contribution in [3.05, 3.63) is 72.1 Å². The van der Waals surface area contributed by atoms with Crippen molar-refractivity contribution in [1.82, 2.24) is 4.98 Å². The summed E-state index contributed by atoms with van der Waals surface area (Å²) in [4.78, 5) is 15.0. The van der Waals surface area contributed by atoms with Crippen LogP contribution in [0.2, 0.25) is 0 Å². The molecule has 0 amide bonds. The smallest absolute Gasteiger partial charge is 0.303 e. The topological polar surface area (TPSA) is 59.4 Å². The number of nitrogens with zero attached hydrogens (tertiary/aromatic N) is 1. The lowest BCUT2D eigenvalue weighted by atomic mass is 9.91. The van der Waals surface area contributed by atoms with Gasteiger partial charge in [-0.25, -0.2) is 8.78 Å². The second-order valence-electron chi connectivity index (χ2n) is 6.26. The molecule has 0 aliphatic heterocycles. The van der Waals surface area contributed by atoms with Crippen molar-refractivity contribution in [3.63, 3.8) is 0 Å². The van der Waals surface area contributed by atoms with E-state index < -0.39 is 12.4 Å². The van der Waals surface area contributed by atoms with Crippen molar-refractivity contribution in [2.75, 3.05) is 7.11 Å². The van der Waals surface area contributed by atoms with Gasteiger partial charge in [0.15, 0.2) is 0 Å². The number of pyridine rings is 1. The van der Waals surface area contributed by atoms with Crippen molar-refractivity contribution >= 4 is 5.97 Å². The maximum atomic E-state index is 13.9. The highest BCUT2D eigenvalue weighted by Gasteiger charge is 2.18. The van der Waals surface area contributed by atoms with Crippen molar-refractivity contribution in [2.24, 2.45) is 0 Å². The quantitative estimate of drug-likeness (QED) is 0.595. The van der Waals surface area contributed by atoms with E-state index in [-0.39, 0.29) is 18.4 Å². The molecule has 0 aliphatic carbocycles. The van der Waals surface area contributed by atoms with Gasteiger partial charge >= 0.3 is 5.97 Å². The summed E-state index contributed by atoms with van der Waals surface area (Å²) >= 11 is 0. The van der Waals surface area contributed by atoms with Crippen LogP contribution in [0.25, 0.3) is 22.3 Å². The Kier molecular flexibility index (Phi) is 5.99. The summed E-state index contributed by atoms with van der Waals surface area (Å²) in [5.41, 5.74) is 2.89. The van der Waals surface area contributed by atoms with E-state index >= 15 is 0 Å². The Morgan fingerprint density at radius 2 is 1.89 bits per heavy atom. The zero-order valence-electron chi connectivity index (χ0n) is 15.2. The van der Waals surface area contributed by atoms with Crippen LogP contribution in [0.15, 0.2) is 60.9 Å². The monoisotopic (exact) mass is 383 g/mol. The molecule has 0 spiro atoms. The van der Waals surface area contributed by atoms with Gasteiger partial charge in [0.2, 0.25) is 0 Å². The molecule has 0 saturated carbocycles. The first kappa shape index (κ1) is 19.5. The van der Waals surface area contributed by atoms with E-state index in [9.17, 15) is 13.6 Å². The first-order valence-electron chi connectivity index (χ1n) is 8.71. The number of hydrogen-bond donors (Lipinski definition) is 1. The number of aromatic nitrogens is 1. The molecule has 2 aromatic carbocycles. The van der Waals surface area contributed by atoms with Crippen LogP contribution >= 0.6 is 0 Å². The fraction of sp³-hybridized carbons (Fsp3) is 0.182. The number of carboxylic acids is 1. The number of ether oxygens (including phenoxy) is 1. The number of hydrogen-bond acceptors (Lipinski definition) is 3. The third-order valence-electron chi connectivity index (χ3n) is 4.49. The molecule has 0 radical (unpaired) electrons. The van der Waals surface area contributed by atoms with E-state index in [2.05, 4.69) is 4.98 Å². The SMILES string of the molecule is COc1ccc(-c2ccc(-c3cccnc3)cc2C(F)F)c(CCC(=O)O)c1. The molecule has 0 aliphatic rings. The molecular weight excluding hydrogens is 364 g/mol. The molecule has 0 atom stereocenters. The number of methoxy groups -OCH3 is 1. The van der Waals surface area contributed by atoms with Crippen molar-refractivity contribution < 1.29 is 23.4 Å². The number of aryl methyl sites for hydroxylation is 1. The molecule has 1 heterocycles. The third-order valence-corrected chi connectivity index (χ3v) is 4.49. The number of carbonyl (C=O) groups is 1. The summed E-state index contributed by atoms with van der Waals surface area (Å²) in [6.45, 7) is 0. The molecular formula is C22H19F2NO3. The van der Waals surface area contributed by atoms with E-state index in [1.165, 1.54) is 13.2 Å². The molecule has 28 heavy (non-hydrogen) atoms. The van der Waals surface area contributed by atoms with Gasteiger partial charge in [-0.05, 0) is 52.9 Å². The Bertz CT molecular complexity index is 975. The van der Waals surface area contributed by atoms with Crippen LogP contribution in [-0.2, 0) is 11.2 Å². The molecule has 1 N–H and O–H groups in total. The Morgan fingerprint density at radius 3 is 2.54 bits per heavy atom. The molecule has 4 nitrogen and oxygen atoms in total. The van der Waals surface area contributed by atoms with Gasteiger partial charge in [0.1, 0.15) is 5.75 Å². The third kappa shape index (κ3) is 4.34. The second kappa shape index (κ2) is 8.61. The number of halogens is 2. The first-order chi connectivity index (χ1) is 13.5. The normalized spacial score (nSPS) is 10.9. The minimum atomic E-state index is -2.68. The van der Waals surface area contributed by atoms with Crippen LogP contribution in [0.4, 0.5) is 8.78 Å². The Hall–Kier alpha value is -3.28. The van der Waals surface area contributed by atoms with Gasteiger partial charge in [-0.1, -0.05) is 24.3 Å². The van der Waals surface area contributed by atoms with E-state index in [0.717, 1.165) is 5.56 Å². The summed E-state index contributed by atoms with van der Waals surface area (Å²) in [7, 11) is 1.50. The number of aliphatic carboxylic acids is 1. The number of carboxylic acid groups (broad SMARTS) is 1. The number of alkyl halides is 2. The van der Waals surface area contributed by atoms with Gasteiger partial charge in [-0.3, -0.25) is 9.78 Å². The summed E-state index contributed by atoms with van der Waals surface area (Å²) in [5, 5.41) is 9.01. The summed E-state index contributed by atoms with van der Waals surface area (Å²) < 4.78 is 32.9. The van der Waals surface area contributed by atoms with Gasteiger partial charge in [0.05, 0.1) is 7.11 Å². The van der Waals surface area contributed by atoms with Crippen LogP contribution in [-0.4, -0.2) is 23.2 Å². The predicted octanol–water partition coefficient (Wildman–Crippen LogP) is 5.38. The number of rotatable bonds is 7. The lowest BCUT2D eigenvalue weighted by Gasteiger charge is -2.16. The van der Waals surface area contributed by atoms with Crippen LogP contribution in [0.1, 0.15) is 24.0 Å². The van der Waals surface area contributed by atoms with Gasteiger partial charge in [0, 0.05) is 29.9 Å². The molecule has 1 aromatic heterocycles. The Labute approximate surface area is 161 Å². The average molecular weight is 383 g/mol. The maximum absolute atomic E-state index is 13.9. The lowest BCUT2D eigenvalue weighted by Crippen LogP contribution is -2.01. The van der Waals surface area contributed by atoms with E-state index in [0.29, 0.717) is 28.0 Å². The molecule has 0 bridgehead atoms. The molecule has 0 unspecified atom stereocenters. The number of benzene rings is 2. The van der Waals surface area contributed by atoms with Gasteiger partial charge in [-0.15, -0.1) is 0 Å². The Balaban J connectivity index is 2.11. The van der Waals surface area contributed by atoms with Crippen LogP contribution in [0.3, 0.4) is 0 Å². The van der Waals surface area contributed by atoms with Crippen LogP contribution in [0.5, 0.6) is 5.75 Å². The van der Waals surface area contributed by atoms with E-state index in [1.54, 1.807) is 48.8 Å². The van der Waals surface area contributed by atoms with Crippen LogP contribution in [0, 0.1) is 0 Å². The lowest BCUT2D eigenvalue weighted by molar-refractivity contribution is -0.136.